The molecule has 5 heteroatoms. The van der Waals surface area contributed by atoms with Crippen molar-refractivity contribution in [3.63, 3.8) is 0 Å². The Kier molecular flexibility index (Phi) is 8.66. The first-order valence-electron chi connectivity index (χ1n) is 11.0. The SMILES string of the molecule is CC[C@H](C)NC(=O)[C@@H](C)N(Cc1cccc(C)c1)C(=O)COc1cc(C)cc(C)c1C. The van der Waals surface area contributed by atoms with E-state index in [1.54, 1.807) is 11.8 Å². The Morgan fingerprint density at radius 2 is 1.74 bits per heavy atom. The number of nitrogens with zero attached hydrogens (tertiary/aromatic N) is 1. The molecule has 2 amide bonds. The molecular formula is C26H36N2O3. The summed E-state index contributed by atoms with van der Waals surface area (Å²) in [5.41, 5.74) is 5.33. The fourth-order valence-electron chi connectivity index (χ4n) is 3.43. The van der Waals surface area contributed by atoms with E-state index in [4.69, 9.17) is 4.74 Å². The van der Waals surface area contributed by atoms with Crippen molar-refractivity contribution in [1.82, 2.24) is 10.2 Å². The second-order valence-electron chi connectivity index (χ2n) is 8.50. The molecular weight excluding hydrogens is 388 g/mol. The zero-order valence-corrected chi connectivity index (χ0v) is 19.9. The molecule has 0 saturated carbocycles. The van der Waals surface area contributed by atoms with Crippen LogP contribution in [0.3, 0.4) is 0 Å². The minimum absolute atomic E-state index is 0.0556. The van der Waals surface area contributed by atoms with Crippen molar-refractivity contribution in [1.29, 1.82) is 0 Å². The topological polar surface area (TPSA) is 58.6 Å². The summed E-state index contributed by atoms with van der Waals surface area (Å²) in [6.07, 6.45) is 0.833. The predicted molar refractivity (Wildman–Crippen MR) is 125 cm³/mol. The molecule has 0 saturated heterocycles. The number of aryl methyl sites for hydroxylation is 3. The lowest BCUT2D eigenvalue weighted by Gasteiger charge is -2.30. The molecule has 0 aliphatic rings. The third-order valence-electron chi connectivity index (χ3n) is 5.72. The molecule has 168 valence electrons. The van der Waals surface area contributed by atoms with Crippen LogP contribution in [0, 0.1) is 27.7 Å². The maximum Gasteiger partial charge on any atom is 0.261 e. The lowest BCUT2D eigenvalue weighted by Crippen LogP contribution is -2.50. The summed E-state index contributed by atoms with van der Waals surface area (Å²) in [6, 6.07) is 11.5. The van der Waals surface area contributed by atoms with Crippen molar-refractivity contribution in [3.8, 4) is 5.75 Å². The molecule has 0 fully saturated rings. The second kappa shape index (κ2) is 11.0. The summed E-state index contributed by atoms with van der Waals surface area (Å²) in [6.45, 7) is 14.0. The van der Waals surface area contributed by atoms with Crippen molar-refractivity contribution < 1.29 is 14.3 Å². The minimum Gasteiger partial charge on any atom is -0.483 e. The number of ether oxygens (including phenoxy) is 1. The standard InChI is InChI=1S/C26H36N2O3/c1-8-20(5)27-26(30)22(7)28(15-23-11-9-10-17(2)13-23)25(29)16-31-24-14-18(3)12-19(4)21(24)6/h9-14,20,22H,8,15-16H2,1-7H3,(H,27,30)/t20-,22+/m0/s1. The fourth-order valence-corrected chi connectivity index (χ4v) is 3.43. The average molecular weight is 425 g/mol. The summed E-state index contributed by atoms with van der Waals surface area (Å²) in [4.78, 5) is 27.6. The van der Waals surface area contributed by atoms with Crippen LogP contribution in [0.15, 0.2) is 36.4 Å². The van der Waals surface area contributed by atoms with Crippen molar-refractivity contribution in [3.05, 3.63) is 64.2 Å². The van der Waals surface area contributed by atoms with E-state index in [9.17, 15) is 9.59 Å². The van der Waals surface area contributed by atoms with Crippen LogP contribution >= 0.6 is 0 Å². The van der Waals surface area contributed by atoms with Crippen LogP contribution in [0.1, 0.15) is 55.0 Å². The Morgan fingerprint density at radius 3 is 2.39 bits per heavy atom. The Balaban J connectivity index is 2.22. The first-order valence-corrected chi connectivity index (χ1v) is 11.0. The van der Waals surface area contributed by atoms with Crippen molar-refractivity contribution in [2.75, 3.05) is 6.61 Å². The zero-order valence-electron chi connectivity index (χ0n) is 19.9. The number of nitrogens with one attached hydrogen (secondary N) is 1. The maximum absolute atomic E-state index is 13.2. The molecule has 0 unspecified atom stereocenters. The van der Waals surface area contributed by atoms with Gasteiger partial charge in [0.25, 0.3) is 5.91 Å². The molecule has 2 rings (SSSR count). The Labute approximate surface area is 186 Å². The van der Waals surface area contributed by atoms with E-state index in [0.29, 0.717) is 12.3 Å². The van der Waals surface area contributed by atoms with Crippen molar-refractivity contribution in [2.45, 2.75) is 73.5 Å². The van der Waals surface area contributed by atoms with Crippen LogP contribution in [0.5, 0.6) is 5.75 Å². The van der Waals surface area contributed by atoms with Gasteiger partial charge in [-0.25, -0.2) is 0 Å². The lowest BCUT2D eigenvalue weighted by atomic mass is 10.1. The molecule has 0 radical (unpaired) electrons. The molecule has 1 N–H and O–H groups in total. The van der Waals surface area contributed by atoms with Gasteiger partial charge in [-0.2, -0.15) is 0 Å². The van der Waals surface area contributed by atoms with Gasteiger partial charge < -0.3 is 15.0 Å². The molecule has 31 heavy (non-hydrogen) atoms. The van der Waals surface area contributed by atoms with Gasteiger partial charge >= 0.3 is 0 Å². The van der Waals surface area contributed by atoms with Crippen molar-refractivity contribution in [2.24, 2.45) is 0 Å². The first-order chi connectivity index (χ1) is 14.6. The summed E-state index contributed by atoms with van der Waals surface area (Å²) in [7, 11) is 0. The number of hydrogen-bond donors (Lipinski definition) is 1. The minimum atomic E-state index is -0.606. The van der Waals surface area contributed by atoms with Gasteiger partial charge in [-0.15, -0.1) is 0 Å². The monoisotopic (exact) mass is 424 g/mol. The number of rotatable bonds is 9. The number of amides is 2. The molecule has 0 aromatic heterocycles. The molecule has 0 aliphatic heterocycles. The Bertz CT molecular complexity index is 923. The smallest absolute Gasteiger partial charge is 0.261 e. The molecule has 0 spiro atoms. The van der Waals surface area contributed by atoms with Crippen LogP contribution in [0.2, 0.25) is 0 Å². The molecule has 2 aromatic rings. The van der Waals surface area contributed by atoms with Crippen LogP contribution < -0.4 is 10.1 Å². The highest BCUT2D eigenvalue weighted by molar-refractivity contribution is 5.88. The molecule has 0 aliphatic carbocycles. The first kappa shape index (κ1) is 24.4. The Morgan fingerprint density at radius 1 is 1.03 bits per heavy atom. The molecule has 0 bridgehead atoms. The normalized spacial score (nSPS) is 12.7. The summed E-state index contributed by atoms with van der Waals surface area (Å²) < 4.78 is 5.91. The van der Waals surface area contributed by atoms with Gasteiger partial charge in [0.05, 0.1) is 0 Å². The van der Waals surface area contributed by atoms with Gasteiger partial charge in [-0.05, 0) is 76.3 Å². The van der Waals surface area contributed by atoms with Crippen LogP contribution in [0.25, 0.3) is 0 Å². The predicted octanol–water partition coefficient (Wildman–Crippen LogP) is 4.63. The quantitative estimate of drug-likeness (QED) is 0.638. The second-order valence-corrected chi connectivity index (χ2v) is 8.50. The van der Waals surface area contributed by atoms with Crippen LogP contribution in [-0.4, -0.2) is 35.4 Å². The van der Waals surface area contributed by atoms with Gasteiger partial charge in [-0.1, -0.05) is 42.8 Å². The van der Waals surface area contributed by atoms with Gasteiger partial charge in [-0.3, -0.25) is 9.59 Å². The summed E-state index contributed by atoms with van der Waals surface area (Å²) >= 11 is 0. The van der Waals surface area contributed by atoms with E-state index in [0.717, 1.165) is 34.2 Å². The van der Waals surface area contributed by atoms with E-state index in [2.05, 4.69) is 11.4 Å². The maximum atomic E-state index is 13.2. The summed E-state index contributed by atoms with van der Waals surface area (Å²) in [5.74, 6) is 0.336. The van der Waals surface area contributed by atoms with Gasteiger partial charge in [0, 0.05) is 12.6 Å². The van der Waals surface area contributed by atoms with E-state index in [1.807, 2.05) is 71.9 Å². The lowest BCUT2D eigenvalue weighted by molar-refractivity contribution is -0.142. The molecule has 2 atom stereocenters. The molecule has 0 heterocycles. The third kappa shape index (κ3) is 6.84. The summed E-state index contributed by atoms with van der Waals surface area (Å²) in [5, 5.41) is 2.99. The van der Waals surface area contributed by atoms with Gasteiger partial charge in [0.15, 0.2) is 6.61 Å². The molecule has 2 aromatic carbocycles. The third-order valence-corrected chi connectivity index (χ3v) is 5.72. The highest BCUT2D eigenvalue weighted by Gasteiger charge is 2.27. The molecule has 5 nitrogen and oxygen atoms in total. The van der Waals surface area contributed by atoms with E-state index < -0.39 is 6.04 Å². The average Bonchev–Trinajstić information content (AvgIpc) is 2.72. The van der Waals surface area contributed by atoms with E-state index in [-0.39, 0.29) is 24.5 Å². The van der Waals surface area contributed by atoms with Gasteiger partial charge in [0.1, 0.15) is 11.8 Å². The largest absolute Gasteiger partial charge is 0.483 e. The van der Waals surface area contributed by atoms with Gasteiger partial charge in [0.2, 0.25) is 5.91 Å². The number of benzene rings is 2. The zero-order chi connectivity index (χ0) is 23.1. The van der Waals surface area contributed by atoms with E-state index in [1.165, 1.54) is 0 Å². The number of carbonyl (C=O) groups excluding carboxylic acids is 2. The van der Waals surface area contributed by atoms with Crippen molar-refractivity contribution >= 4 is 11.8 Å². The van der Waals surface area contributed by atoms with Crippen LogP contribution in [0.4, 0.5) is 0 Å². The van der Waals surface area contributed by atoms with E-state index >= 15 is 0 Å². The Hall–Kier alpha value is -2.82. The van der Waals surface area contributed by atoms with Crippen LogP contribution in [-0.2, 0) is 16.1 Å². The highest BCUT2D eigenvalue weighted by Crippen LogP contribution is 2.23. The number of hydrogen-bond acceptors (Lipinski definition) is 3. The highest BCUT2D eigenvalue weighted by atomic mass is 16.5. The fraction of sp³-hybridized carbons (Fsp3) is 0.462. The number of carbonyl (C=O) groups is 2.